The van der Waals surface area contributed by atoms with Crippen LogP contribution in [-0.2, 0) is 14.3 Å². The summed E-state index contributed by atoms with van der Waals surface area (Å²) in [6, 6.07) is 12.4. The molecule has 8 heteroatoms. The average Bonchev–Trinajstić information content (AvgIpc) is 3.45. The van der Waals surface area contributed by atoms with Gasteiger partial charge in [-0.2, -0.15) is 0 Å². The van der Waals surface area contributed by atoms with E-state index in [0.717, 1.165) is 5.52 Å². The largest absolute Gasteiger partial charge is 0.378 e. The van der Waals surface area contributed by atoms with Gasteiger partial charge in [-0.05, 0) is 23.1 Å². The highest BCUT2D eigenvalue weighted by molar-refractivity contribution is 8.00. The smallest absolute Gasteiger partial charge is 0.232 e. The van der Waals surface area contributed by atoms with Crippen molar-refractivity contribution in [3.8, 4) is 0 Å². The van der Waals surface area contributed by atoms with Crippen LogP contribution in [0, 0.1) is 0 Å². The van der Waals surface area contributed by atoms with Crippen molar-refractivity contribution in [3.05, 3.63) is 58.4 Å². The summed E-state index contributed by atoms with van der Waals surface area (Å²) in [7, 11) is 0. The van der Waals surface area contributed by atoms with Crippen LogP contribution in [-0.4, -0.2) is 66.1 Å². The third-order valence-electron chi connectivity index (χ3n) is 5.21. The highest BCUT2D eigenvalue weighted by Gasteiger charge is 2.21. The molecule has 2 N–H and O–H groups in total. The predicted octanol–water partition coefficient (Wildman–Crippen LogP) is 3.07. The number of fused-ring (bicyclic) bond motifs is 1. The number of carbonyl (C=O) groups excluding carboxylic acids is 2. The fourth-order valence-electron chi connectivity index (χ4n) is 3.64. The molecule has 1 aromatic carbocycles. The van der Waals surface area contributed by atoms with E-state index in [1.807, 2.05) is 24.4 Å². The van der Waals surface area contributed by atoms with E-state index < -0.39 is 0 Å². The van der Waals surface area contributed by atoms with E-state index in [-0.39, 0.29) is 23.5 Å². The van der Waals surface area contributed by atoms with Gasteiger partial charge in [-0.1, -0.05) is 24.3 Å². The van der Waals surface area contributed by atoms with E-state index in [9.17, 15) is 9.59 Å². The molecule has 0 spiro atoms. The Balaban J connectivity index is 1.33. The summed E-state index contributed by atoms with van der Waals surface area (Å²) < 4.78 is 5.27. The summed E-state index contributed by atoms with van der Waals surface area (Å²) >= 11 is 3.06. The van der Waals surface area contributed by atoms with Gasteiger partial charge in [0, 0.05) is 47.5 Å². The van der Waals surface area contributed by atoms with Crippen LogP contribution in [0.5, 0.6) is 0 Å². The van der Waals surface area contributed by atoms with E-state index in [1.54, 1.807) is 16.2 Å². The highest BCUT2D eigenvalue weighted by Crippen LogP contribution is 2.32. The molecule has 6 nitrogen and oxygen atoms in total. The number of nitrogens with zero attached hydrogens (tertiary/aromatic N) is 1. The van der Waals surface area contributed by atoms with Crippen molar-refractivity contribution in [3.63, 3.8) is 0 Å². The Morgan fingerprint density at radius 3 is 2.80 bits per heavy atom. The number of aromatic nitrogens is 1. The monoisotopic (exact) mass is 443 g/mol. The summed E-state index contributed by atoms with van der Waals surface area (Å²) in [5.74, 6) is 0.721. The predicted molar refractivity (Wildman–Crippen MR) is 122 cm³/mol. The van der Waals surface area contributed by atoms with Crippen molar-refractivity contribution < 1.29 is 14.3 Å². The number of benzene rings is 1. The molecule has 1 aliphatic rings. The number of thioether (sulfide) groups is 1. The molecule has 1 aliphatic heterocycles. The van der Waals surface area contributed by atoms with E-state index in [4.69, 9.17) is 4.74 Å². The molecule has 1 saturated heterocycles. The second-order valence-corrected chi connectivity index (χ2v) is 9.11. The van der Waals surface area contributed by atoms with Crippen LogP contribution in [0.25, 0.3) is 10.9 Å². The molecule has 0 bridgehead atoms. The maximum Gasteiger partial charge on any atom is 0.232 e. The number of ether oxygens (including phenoxy) is 1. The lowest BCUT2D eigenvalue weighted by atomic mass is 9.96. The number of aromatic amines is 1. The number of H-pyrrole nitrogens is 1. The summed E-state index contributed by atoms with van der Waals surface area (Å²) in [4.78, 5) is 31.0. The average molecular weight is 444 g/mol. The molecule has 3 aromatic rings. The van der Waals surface area contributed by atoms with Crippen molar-refractivity contribution in [2.45, 2.75) is 5.92 Å². The zero-order valence-electron chi connectivity index (χ0n) is 16.6. The van der Waals surface area contributed by atoms with Crippen LogP contribution in [0.4, 0.5) is 0 Å². The molecular weight excluding hydrogens is 418 g/mol. The third-order valence-corrected chi connectivity index (χ3v) is 7.11. The molecule has 4 rings (SSSR count). The Labute approximate surface area is 184 Å². The third kappa shape index (κ3) is 5.06. The SMILES string of the molecule is O=C(CSCC(=O)N1CCOCC1)NCC(c1cccs1)c1c[nH]c2ccccc12. The van der Waals surface area contributed by atoms with Crippen LogP contribution in [0.1, 0.15) is 16.4 Å². The first-order chi connectivity index (χ1) is 14.7. The number of amides is 2. The van der Waals surface area contributed by atoms with Crippen molar-refractivity contribution in [2.24, 2.45) is 0 Å². The van der Waals surface area contributed by atoms with Gasteiger partial charge in [-0.15, -0.1) is 23.1 Å². The van der Waals surface area contributed by atoms with E-state index in [2.05, 4.69) is 33.9 Å². The molecule has 2 aromatic heterocycles. The lowest BCUT2D eigenvalue weighted by Gasteiger charge is -2.26. The number of hydrogen-bond donors (Lipinski definition) is 2. The number of morpholine rings is 1. The molecule has 158 valence electrons. The Morgan fingerprint density at radius 1 is 1.17 bits per heavy atom. The molecular formula is C22H25N3O3S2. The highest BCUT2D eigenvalue weighted by atomic mass is 32.2. The maximum absolute atomic E-state index is 12.4. The van der Waals surface area contributed by atoms with E-state index in [0.29, 0.717) is 38.6 Å². The molecule has 1 unspecified atom stereocenters. The van der Waals surface area contributed by atoms with Gasteiger partial charge in [0.25, 0.3) is 0 Å². The first-order valence-corrected chi connectivity index (χ1v) is 12.0. The number of rotatable bonds is 8. The fraction of sp³-hybridized carbons (Fsp3) is 0.364. The zero-order valence-corrected chi connectivity index (χ0v) is 18.3. The summed E-state index contributed by atoms with van der Waals surface area (Å²) in [6.45, 7) is 2.99. The quantitative estimate of drug-likeness (QED) is 0.561. The molecule has 1 atom stereocenters. The van der Waals surface area contributed by atoms with Gasteiger partial charge in [-0.3, -0.25) is 9.59 Å². The molecule has 1 fully saturated rings. The molecule has 2 amide bonds. The topological polar surface area (TPSA) is 74.4 Å². The van der Waals surface area contributed by atoms with E-state index >= 15 is 0 Å². The number of thiophene rings is 1. The second-order valence-electron chi connectivity index (χ2n) is 7.15. The number of para-hydroxylation sites is 1. The standard InChI is InChI=1S/C22H25N3O3S2/c26-21(14-29-15-22(27)25-7-9-28-10-8-25)24-13-18(20-6-3-11-30-20)17-12-23-19-5-2-1-4-16(17)19/h1-6,11-12,18,23H,7-10,13-15H2,(H,24,26). The molecule has 0 radical (unpaired) electrons. The minimum Gasteiger partial charge on any atom is -0.378 e. The minimum absolute atomic E-state index is 0.0452. The van der Waals surface area contributed by atoms with Gasteiger partial charge in [0.2, 0.25) is 11.8 Å². The minimum atomic E-state index is -0.0452. The Hall–Kier alpha value is -2.29. The lowest BCUT2D eigenvalue weighted by molar-refractivity contribution is -0.132. The summed E-state index contributed by atoms with van der Waals surface area (Å²) in [5, 5.41) is 6.30. The zero-order chi connectivity index (χ0) is 20.8. The van der Waals surface area contributed by atoms with Crippen molar-refractivity contribution >= 4 is 45.8 Å². The van der Waals surface area contributed by atoms with Gasteiger partial charge in [0.15, 0.2) is 0 Å². The summed E-state index contributed by atoms with van der Waals surface area (Å²) in [6.07, 6.45) is 2.04. The molecule has 3 heterocycles. The van der Waals surface area contributed by atoms with Crippen LogP contribution >= 0.6 is 23.1 Å². The normalized spacial score (nSPS) is 15.3. The Morgan fingerprint density at radius 2 is 2.00 bits per heavy atom. The van der Waals surface area contributed by atoms with Gasteiger partial charge in [-0.25, -0.2) is 0 Å². The van der Waals surface area contributed by atoms with Gasteiger partial charge >= 0.3 is 0 Å². The van der Waals surface area contributed by atoms with Crippen LogP contribution in [0.15, 0.2) is 48.0 Å². The van der Waals surface area contributed by atoms with E-state index in [1.165, 1.54) is 27.6 Å². The first-order valence-electron chi connectivity index (χ1n) is 10.0. The maximum atomic E-state index is 12.4. The van der Waals surface area contributed by atoms with Gasteiger partial charge in [0.1, 0.15) is 0 Å². The number of hydrogen-bond acceptors (Lipinski definition) is 5. The fourth-order valence-corrected chi connectivity index (χ4v) is 5.23. The van der Waals surface area contributed by atoms with Gasteiger partial charge < -0.3 is 19.9 Å². The Kier molecular flexibility index (Phi) is 7.09. The molecule has 30 heavy (non-hydrogen) atoms. The lowest BCUT2D eigenvalue weighted by Crippen LogP contribution is -2.41. The number of nitrogens with one attached hydrogen (secondary N) is 2. The van der Waals surface area contributed by atoms with Crippen molar-refractivity contribution in [1.29, 1.82) is 0 Å². The summed E-state index contributed by atoms with van der Waals surface area (Å²) in [5.41, 5.74) is 2.28. The first kappa shape index (κ1) is 21.0. The second kappa shape index (κ2) is 10.1. The van der Waals surface area contributed by atoms with Crippen LogP contribution in [0.2, 0.25) is 0 Å². The van der Waals surface area contributed by atoms with Gasteiger partial charge in [0.05, 0.1) is 24.7 Å². The molecule has 0 saturated carbocycles. The molecule has 0 aliphatic carbocycles. The van der Waals surface area contributed by atoms with Crippen molar-refractivity contribution in [2.75, 3.05) is 44.4 Å². The van der Waals surface area contributed by atoms with Crippen LogP contribution in [0.3, 0.4) is 0 Å². The number of carbonyl (C=O) groups is 2. The van der Waals surface area contributed by atoms with Crippen LogP contribution < -0.4 is 5.32 Å². The van der Waals surface area contributed by atoms with Crippen molar-refractivity contribution in [1.82, 2.24) is 15.2 Å². The Bertz CT molecular complexity index is 981.